The molecule has 0 radical (unpaired) electrons. The summed E-state index contributed by atoms with van der Waals surface area (Å²) in [7, 11) is 0. The first-order valence-corrected chi connectivity index (χ1v) is 6.94. The molecule has 3 rings (SSSR count). The molecule has 1 unspecified atom stereocenters. The van der Waals surface area contributed by atoms with E-state index in [1.54, 1.807) is 42.5 Å². The third-order valence-electron chi connectivity index (χ3n) is 3.43. The molecule has 0 saturated heterocycles. The molecule has 3 nitrogen and oxygen atoms in total. The summed E-state index contributed by atoms with van der Waals surface area (Å²) in [6.45, 7) is 0. The van der Waals surface area contributed by atoms with E-state index in [-0.39, 0.29) is 5.91 Å². The van der Waals surface area contributed by atoms with Crippen LogP contribution in [0.15, 0.2) is 48.5 Å². The number of nitriles is 1. The molecule has 2 aromatic rings. The number of benzene rings is 2. The molecule has 1 atom stereocenters. The molecule has 0 saturated carbocycles. The minimum Gasteiger partial charge on any atom is -0.288 e. The van der Waals surface area contributed by atoms with E-state index in [1.165, 1.54) is 17.0 Å². The molecule has 2 aromatic carbocycles. The number of rotatable bonds is 1. The highest BCUT2D eigenvalue weighted by Crippen LogP contribution is 2.31. The standard InChI is InChI=1S/C17H10ClFN2O/c18-13-5-1-12(2-6-13)17(22)21-15(10-20)8-4-11-3-7-14(19)9-16(11)21/h1-9,15H. The van der Waals surface area contributed by atoms with E-state index >= 15 is 0 Å². The molecule has 0 aliphatic carbocycles. The minimum absolute atomic E-state index is 0.376. The summed E-state index contributed by atoms with van der Waals surface area (Å²) in [5.74, 6) is -0.834. The highest BCUT2D eigenvalue weighted by Gasteiger charge is 2.29. The van der Waals surface area contributed by atoms with Crippen molar-refractivity contribution in [1.82, 2.24) is 0 Å². The SMILES string of the molecule is N#CC1C=Cc2ccc(F)cc2N1C(=O)c1ccc(Cl)cc1. The lowest BCUT2D eigenvalue weighted by Gasteiger charge is -2.30. The maximum absolute atomic E-state index is 13.6. The van der Waals surface area contributed by atoms with E-state index in [1.807, 2.05) is 6.07 Å². The molecular formula is C17H10ClFN2O. The second-order valence-electron chi connectivity index (χ2n) is 4.82. The van der Waals surface area contributed by atoms with Crippen LogP contribution in [0.1, 0.15) is 15.9 Å². The third-order valence-corrected chi connectivity index (χ3v) is 3.68. The van der Waals surface area contributed by atoms with E-state index in [0.29, 0.717) is 21.8 Å². The number of carbonyl (C=O) groups is 1. The number of hydrogen-bond donors (Lipinski definition) is 0. The van der Waals surface area contributed by atoms with Gasteiger partial charge in [-0.1, -0.05) is 17.7 Å². The number of nitrogens with zero attached hydrogens (tertiary/aromatic N) is 2. The summed E-state index contributed by atoms with van der Waals surface area (Å²) >= 11 is 5.82. The Morgan fingerprint density at radius 3 is 2.64 bits per heavy atom. The van der Waals surface area contributed by atoms with Gasteiger partial charge in [-0.2, -0.15) is 5.26 Å². The summed E-state index contributed by atoms with van der Waals surface area (Å²) in [6.07, 6.45) is 3.34. The van der Waals surface area contributed by atoms with Crippen LogP contribution < -0.4 is 4.90 Å². The van der Waals surface area contributed by atoms with E-state index in [2.05, 4.69) is 0 Å². The van der Waals surface area contributed by atoms with Gasteiger partial charge >= 0.3 is 0 Å². The van der Waals surface area contributed by atoms with Crippen LogP contribution in [-0.2, 0) is 0 Å². The highest BCUT2D eigenvalue weighted by atomic mass is 35.5. The molecule has 0 aromatic heterocycles. The van der Waals surface area contributed by atoms with Crippen LogP contribution >= 0.6 is 11.6 Å². The Kier molecular flexibility index (Phi) is 3.66. The fraction of sp³-hybridized carbons (Fsp3) is 0.0588. The summed E-state index contributed by atoms with van der Waals surface area (Å²) < 4.78 is 13.6. The van der Waals surface area contributed by atoms with Crippen molar-refractivity contribution in [3.05, 3.63) is 70.5 Å². The average Bonchev–Trinajstić information content (AvgIpc) is 2.53. The quantitative estimate of drug-likeness (QED) is 0.797. The predicted octanol–water partition coefficient (Wildman–Crippen LogP) is 4.04. The van der Waals surface area contributed by atoms with Crippen molar-refractivity contribution >= 4 is 29.3 Å². The first kappa shape index (κ1) is 14.3. The van der Waals surface area contributed by atoms with Crippen LogP contribution in [0.4, 0.5) is 10.1 Å². The number of carbonyl (C=O) groups excluding carboxylic acids is 1. The largest absolute Gasteiger partial charge is 0.288 e. The summed E-state index contributed by atoms with van der Waals surface area (Å²) in [6, 6.07) is 11.8. The van der Waals surface area contributed by atoms with E-state index in [9.17, 15) is 14.4 Å². The van der Waals surface area contributed by atoms with E-state index < -0.39 is 11.9 Å². The van der Waals surface area contributed by atoms with Crippen molar-refractivity contribution < 1.29 is 9.18 Å². The molecule has 1 aliphatic rings. The second kappa shape index (κ2) is 5.63. The maximum atomic E-state index is 13.6. The molecule has 0 N–H and O–H groups in total. The van der Waals surface area contributed by atoms with Gasteiger partial charge in [-0.25, -0.2) is 4.39 Å². The Bertz CT molecular complexity index is 808. The topological polar surface area (TPSA) is 44.1 Å². The Morgan fingerprint density at radius 1 is 1.23 bits per heavy atom. The van der Waals surface area contributed by atoms with Crippen LogP contribution in [0.2, 0.25) is 5.02 Å². The first-order valence-electron chi connectivity index (χ1n) is 6.56. The van der Waals surface area contributed by atoms with Gasteiger partial charge in [-0.15, -0.1) is 0 Å². The fourth-order valence-corrected chi connectivity index (χ4v) is 2.49. The van der Waals surface area contributed by atoms with Crippen LogP contribution in [-0.4, -0.2) is 11.9 Å². The molecule has 0 spiro atoms. The number of amides is 1. The summed E-state index contributed by atoms with van der Waals surface area (Å²) in [5, 5.41) is 9.80. The van der Waals surface area contributed by atoms with Gasteiger partial charge in [-0.3, -0.25) is 9.69 Å². The lowest BCUT2D eigenvalue weighted by molar-refractivity contribution is 0.0985. The van der Waals surface area contributed by atoms with Crippen LogP contribution in [0, 0.1) is 17.1 Å². The maximum Gasteiger partial charge on any atom is 0.259 e. The molecule has 0 fully saturated rings. The molecular weight excluding hydrogens is 303 g/mol. The normalized spacial score (nSPS) is 16.0. The molecule has 1 heterocycles. The van der Waals surface area contributed by atoms with Gasteiger partial charge in [0.25, 0.3) is 5.91 Å². The zero-order chi connectivity index (χ0) is 15.7. The average molecular weight is 313 g/mol. The third kappa shape index (κ3) is 2.47. The number of halogens is 2. The van der Waals surface area contributed by atoms with Crippen molar-refractivity contribution in [2.24, 2.45) is 0 Å². The van der Waals surface area contributed by atoms with Gasteiger partial charge < -0.3 is 0 Å². The Morgan fingerprint density at radius 2 is 1.95 bits per heavy atom. The van der Waals surface area contributed by atoms with Gasteiger partial charge in [0.2, 0.25) is 0 Å². The summed E-state index contributed by atoms with van der Waals surface area (Å²) in [5.41, 5.74) is 1.46. The zero-order valence-corrected chi connectivity index (χ0v) is 12.1. The Hall–Kier alpha value is -2.64. The lowest BCUT2D eigenvalue weighted by atomic mass is 10.0. The van der Waals surface area contributed by atoms with Gasteiger partial charge in [-0.05, 0) is 54.1 Å². The Labute approximate surface area is 131 Å². The van der Waals surface area contributed by atoms with E-state index in [0.717, 1.165) is 0 Å². The lowest BCUT2D eigenvalue weighted by Crippen LogP contribution is -2.40. The van der Waals surface area contributed by atoms with Gasteiger partial charge in [0, 0.05) is 10.6 Å². The van der Waals surface area contributed by atoms with Crippen LogP contribution in [0.25, 0.3) is 6.08 Å². The van der Waals surface area contributed by atoms with Crippen molar-refractivity contribution in [3.8, 4) is 6.07 Å². The number of fused-ring (bicyclic) bond motifs is 1. The predicted molar refractivity (Wildman–Crippen MR) is 83.1 cm³/mol. The molecule has 1 aliphatic heterocycles. The van der Waals surface area contributed by atoms with Gasteiger partial charge in [0.05, 0.1) is 11.8 Å². The zero-order valence-electron chi connectivity index (χ0n) is 11.3. The molecule has 1 amide bonds. The smallest absolute Gasteiger partial charge is 0.259 e. The monoisotopic (exact) mass is 312 g/mol. The van der Waals surface area contributed by atoms with Gasteiger partial charge in [0.1, 0.15) is 11.9 Å². The molecule has 22 heavy (non-hydrogen) atoms. The van der Waals surface area contributed by atoms with Crippen molar-refractivity contribution in [2.45, 2.75) is 6.04 Å². The van der Waals surface area contributed by atoms with Crippen molar-refractivity contribution in [3.63, 3.8) is 0 Å². The van der Waals surface area contributed by atoms with Crippen LogP contribution in [0.3, 0.4) is 0 Å². The van der Waals surface area contributed by atoms with Crippen LogP contribution in [0.5, 0.6) is 0 Å². The second-order valence-corrected chi connectivity index (χ2v) is 5.25. The fourth-order valence-electron chi connectivity index (χ4n) is 2.37. The molecule has 0 bridgehead atoms. The first-order chi connectivity index (χ1) is 10.6. The highest BCUT2D eigenvalue weighted by molar-refractivity contribution is 6.30. The van der Waals surface area contributed by atoms with Gasteiger partial charge in [0.15, 0.2) is 0 Å². The van der Waals surface area contributed by atoms with Crippen molar-refractivity contribution in [1.29, 1.82) is 5.26 Å². The Balaban J connectivity index is 2.09. The number of anilines is 1. The summed E-state index contributed by atoms with van der Waals surface area (Å²) in [4.78, 5) is 14.0. The van der Waals surface area contributed by atoms with Crippen molar-refractivity contribution in [2.75, 3.05) is 4.90 Å². The molecule has 5 heteroatoms. The van der Waals surface area contributed by atoms with E-state index in [4.69, 9.17) is 11.6 Å². The minimum atomic E-state index is -0.780. The molecule has 108 valence electrons. The number of hydrogen-bond acceptors (Lipinski definition) is 2.